The highest BCUT2D eigenvalue weighted by Gasteiger charge is 2.39. The lowest BCUT2D eigenvalue weighted by Crippen LogP contribution is -2.51. The van der Waals surface area contributed by atoms with E-state index in [0.717, 1.165) is 49.7 Å². The Morgan fingerprint density at radius 1 is 1.18 bits per heavy atom. The fraction of sp³-hybridized carbons (Fsp3) is 0.385. The molecule has 0 saturated carbocycles. The van der Waals surface area contributed by atoms with Gasteiger partial charge in [0.25, 0.3) is 5.91 Å². The molecule has 86 valence electrons. The zero-order chi connectivity index (χ0) is 11.4. The van der Waals surface area contributed by atoms with E-state index in [1.807, 2.05) is 17.0 Å². The predicted molar refractivity (Wildman–Crippen MR) is 65.4 cm³/mol. The molecule has 4 rings (SSSR count). The number of carbonyl (C=O) groups is 1. The van der Waals surface area contributed by atoms with E-state index in [2.05, 4.69) is 16.0 Å². The van der Waals surface area contributed by atoms with Gasteiger partial charge in [-0.15, -0.1) is 0 Å². The molecule has 1 amide bonds. The second kappa shape index (κ2) is 3.09. The van der Waals surface area contributed by atoms with Gasteiger partial charge in [0, 0.05) is 13.1 Å². The van der Waals surface area contributed by atoms with Gasteiger partial charge in [-0.05, 0) is 24.5 Å². The van der Waals surface area contributed by atoms with Gasteiger partial charge in [-0.25, -0.2) is 0 Å². The van der Waals surface area contributed by atoms with E-state index < -0.39 is 0 Å². The van der Waals surface area contributed by atoms with Crippen molar-refractivity contribution in [2.75, 3.05) is 24.5 Å². The van der Waals surface area contributed by atoms with Crippen LogP contribution in [0.5, 0.6) is 0 Å². The van der Waals surface area contributed by atoms with E-state index in [9.17, 15) is 4.79 Å². The first-order valence-corrected chi connectivity index (χ1v) is 6.12. The van der Waals surface area contributed by atoms with Crippen molar-refractivity contribution in [2.45, 2.75) is 12.8 Å². The maximum Gasteiger partial charge on any atom is 0.262 e. The Morgan fingerprint density at radius 2 is 2.12 bits per heavy atom. The van der Waals surface area contributed by atoms with Crippen LogP contribution >= 0.6 is 0 Å². The number of fused-ring (bicyclic) bond motifs is 2. The van der Waals surface area contributed by atoms with Gasteiger partial charge in [0.1, 0.15) is 0 Å². The number of anilines is 1. The normalized spacial score (nSPS) is 21.2. The van der Waals surface area contributed by atoms with E-state index in [1.165, 1.54) is 5.56 Å². The molecule has 0 aromatic heterocycles. The molecule has 0 fully saturated rings. The monoisotopic (exact) mass is 227 g/mol. The summed E-state index contributed by atoms with van der Waals surface area (Å²) < 4.78 is 0. The van der Waals surface area contributed by atoms with Gasteiger partial charge in [0.15, 0.2) is 0 Å². The summed E-state index contributed by atoms with van der Waals surface area (Å²) >= 11 is 0. The minimum absolute atomic E-state index is 0.122. The van der Waals surface area contributed by atoms with Crippen molar-refractivity contribution in [3.05, 3.63) is 29.3 Å². The third-order valence-corrected chi connectivity index (χ3v) is 3.75. The van der Waals surface area contributed by atoms with Crippen LogP contribution in [0.25, 0.3) is 0 Å². The van der Waals surface area contributed by atoms with Crippen LogP contribution in [0.4, 0.5) is 5.69 Å². The summed E-state index contributed by atoms with van der Waals surface area (Å²) in [4.78, 5) is 20.9. The lowest BCUT2D eigenvalue weighted by molar-refractivity contribution is 0.0851. The van der Waals surface area contributed by atoms with Crippen LogP contribution < -0.4 is 4.90 Å². The molecule has 17 heavy (non-hydrogen) atoms. The zero-order valence-electron chi connectivity index (χ0n) is 9.52. The molecule has 4 heteroatoms. The SMILES string of the molecule is O=C1c2cccc3c2N(CCC3)C2=NCCN12. The Morgan fingerprint density at radius 3 is 3.06 bits per heavy atom. The largest absolute Gasteiger partial charge is 0.311 e. The van der Waals surface area contributed by atoms with Crippen molar-refractivity contribution in [2.24, 2.45) is 4.99 Å². The van der Waals surface area contributed by atoms with Crippen LogP contribution in [-0.2, 0) is 6.42 Å². The van der Waals surface area contributed by atoms with E-state index in [1.54, 1.807) is 0 Å². The van der Waals surface area contributed by atoms with Crippen LogP contribution in [0.15, 0.2) is 23.2 Å². The van der Waals surface area contributed by atoms with E-state index in [-0.39, 0.29) is 5.91 Å². The fourth-order valence-corrected chi connectivity index (χ4v) is 3.03. The topological polar surface area (TPSA) is 35.9 Å². The van der Waals surface area contributed by atoms with Crippen LogP contribution in [0.1, 0.15) is 22.3 Å². The summed E-state index contributed by atoms with van der Waals surface area (Å²) in [5.74, 6) is 0.992. The molecule has 0 saturated heterocycles. The maximum atomic E-state index is 12.4. The number of benzene rings is 1. The molecule has 1 aromatic rings. The average Bonchev–Trinajstić information content (AvgIpc) is 2.85. The minimum Gasteiger partial charge on any atom is -0.311 e. The molecule has 0 radical (unpaired) electrons. The molecule has 4 nitrogen and oxygen atoms in total. The summed E-state index contributed by atoms with van der Waals surface area (Å²) in [5, 5.41) is 0. The Kier molecular flexibility index (Phi) is 1.68. The average molecular weight is 227 g/mol. The molecule has 0 bridgehead atoms. The second-order valence-electron chi connectivity index (χ2n) is 4.71. The van der Waals surface area contributed by atoms with Crippen molar-refractivity contribution in [1.82, 2.24) is 4.90 Å². The van der Waals surface area contributed by atoms with Crippen LogP contribution in [-0.4, -0.2) is 36.4 Å². The maximum absolute atomic E-state index is 12.4. The van der Waals surface area contributed by atoms with Crippen molar-refractivity contribution in [1.29, 1.82) is 0 Å². The van der Waals surface area contributed by atoms with Crippen LogP contribution in [0.2, 0.25) is 0 Å². The molecule has 0 aliphatic carbocycles. The number of rotatable bonds is 0. The minimum atomic E-state index is 0.122. The number of hydrogen-bond acceptors (Lipinski definition) is 3. The van der Waals surface area contributed by atoms with Crippen LogP contribution in [0, 0.1) is 0 Å². The van der Waals surface area contributed by atoms with Crippen molar-refractivity contribution >= 4 is 17.6 Å². The zero-order valence-corrected chi connectivity index (χ0v) is 9.52. The van der Waals surface area contributed by atoms with Gasteiger partial charge in [-0.1, -0.05) is 12.1 Å². The highest BCUT2D eigenvalue weighted by Crippen LogP contribution is 2.36. The van der Waals surface area contributed by atoms with Crippen molar-refractivity contribution in [3.63, 3.8) is 0 Å². The molecule has 3 aliphatic rings. The standard InChI is InChI=1S/C13H13N3O/c17-12-10-5-1-3-9-4-2-7-15(11(9)10)13-14-6-8-16(12)13/h1,3,5H,2,4,6-8H2. The molecular weight excluding hydrogens is 214 g/mol. The number of carbonyl (C=O) groups excluding carboxylic acids is 1. The van der Waals surface area contributed by atoms with Crippen LogP contribution in [0.3, 0.4) is 0 Å². The Hall–Kier alpha value is -1.84. The number of amides is 1. The summed E-state index contributed by atoms with van der Waals surface area (Å²) in [5.41, 5.74) is 3.25. The first-order chi connectivity index (χ1) is 8.36. The third-order valence-electron chi connectivity index (χ3n) is 3.75. The predicted octanol–water partition coefficient (Wildman–Crippen LogP) is 1.26. The summed E-state index contributed by atoms with van der Waals surface area (Å²) in [6, 6.07) is 6.06. The molecule has 3 aliphatic heterocycles. The van der Waals surface area contributed by atoms with Crippen molar-refractivity contribution in [3.8, 4) is 0 Å². The molecule has 0 atom stereocenters. The quantitative estimate of drug-likeness (QED) is 0.669. The fourth-order valence-electron chi connectivity index (χ4n) is 3.03. The van der Waals surface area contributed by atoms with Gasteiger partial charge in [-0.3, -0.25) is 14.7 Å². The van der Waals surface area contributed by atoms with Gasteiger partial charge in [0.05, 0.1) is 17.8 Å². The van der Waals surface area contributed by atoms with Gasteiger partial charge < -0.3 is 4.90 Å². The lowest BCUT2D eigenvalue weighted by Gasteiger charge is -2.39. The van der Waals surface area contributed by atoms with E-state index in [0.29, 0.717) is 0 Å². The molecule has 1 aromatic carbocycles. The molecule has 0 spiro atoms. The lowest BCUT2D eigenvalue weighted by atomic mass is 9.95. The molecule has 0 N–H and O–H groups in total. The summed E-state index contributed by atoms with van der Waals surface area (Å²) in [7, 11) is 0. The van der Waals surface area contributed by atoms with E-state index >= 15 is 0 Å². The van der Waals surface area contributed by atoms with Crippen molar-refractivity contribution < 1.29 is 4.79 Å². The Bertz CT molecular complexity index is 550. The number of hydrogen-bond donors (Lipinski definition) is 0. The second-order valence-corrected chi connectivity index (χ2v) is 4.71. The molecule has 3 heterocycles. The first-order valence-electron chi connectivity index (χ1n) is 6.12. The number of aliphatic imine (C=N–C) groups is 1. The smallest absolute Gasteiger partial charge is 0.262 e. The summed E-state index contributed by atoms with van der Waals surface area (Å²) in [6.45, 7) is 2.45. The Balaban J connectivity index is 2.00. The number of para-hydroxylation sites is 1. The van der Waals surface area contributed by atoms with Gasteiger partial charge in [0.2, 0.25) is 5.96 Å². The Labute approximate surface area is 99.5 Å². The first kappa shape index (κ1) is 9.22. The number of nitrogens with zero attached hydrogens (tertiary/aromatic N) is 3. The highest BCUT2D eigenvalue weighted by atomic mass is 16.2. The molecule has 0 unspecified atom stereocenters. The summed E-state index contributed by atoms with van der Waals surface area (Å²) in [6.07, 6.45) is 2.21. The van der Waals surface area contributed by atoms with Gasteiger partial charge >= 0.3 is 0 Å². The number of aryl methyl sites for hydroxylation is 1. The number of guanidine groups is 1. The third kappa shape index (κ3) is 1.07. The highest BCUT2D eigenvalue weighted by molar-refractivity contribution is 6.19. The van der Waals surface area contributed by atoms with E-state index in [4.69, 9.17) is 0 Å². The molecular formula is C13H13N3O. The van der Waals surface area contributed by atoms with Gasteiger partial charge in [-0.2, -0.15) is 0 Å².